The van der Waals surface area contributed by atoms with Gasteiger partial charge in [0.25, 0.3) is 12.3 Å². The van der Waals surface area contributed by atoms with Crippen LogP contribution in [0, 0.1) is 0 Å². The van der Waals surface area contributed by atoms with Crippen LogP contribution in [0.15, 0.2) is 59.3 Å². The fraction of sp³-hybridized carbons (Fsp3) is 0.208. The standard InChI is InChI=1S/C24H18F2N4O3/c25-23(26)17-2-1-3-21(27-17)29-24(31)16-10-30-11-18(13-4-5-13)28-22(30)9-20(16)32-12-14-8-15-6-7-19(14)33-15/h1-3,6-11,13,23H,4-5,12H2,(H,27,29,31). The molecule has 0 atom stereocenters. The molecule has 5 aromatic heterocycles. The Bertz CT molecular complexity index is 1470. The number of ether oxygens (including phenoxy) is 1. The molecule has 2 bridgehead atoms. The SMILES string of the molecule is O=C(Nc1cccc(C(F)F)n1)c1cn2cc(C3CC3)nc2cc1OCc1cc2ccc1o2. The molecule has 166 valence electrons. The normalized spacial score (nSPS) is 13.9. The summed E-state index contributed by atoms with van der Waals surface area (Å²) in [5.74, 6) is 0.294. The van der Waals surface area contributed by atoms with Crippen LogP contribution < -0.4 is 10.1 Å². The molecule has 0 radical (unpaired) electrons. The van der Waals surface area contributed by atoms with Crippen molar-refractivity contribution >= 4 is 28.5 Å². The summed E-state index contributed by atoms with van der Waals surface area (Å²) < 4.78 is 39.4. The molecular formula is C24H18F2N4O3. The number of amides is 1. The highest BCUT2D eigenvalue weighted by molar-refractivity contribution is 6.05. The van der Waals surface area contributed by atoms with E-state index in [0.29, 0.717) is 17.3 Å². The number of imidazole rings is 1. The second kappa shape index (κ2) is 7.54. The van der Waals surface area contributed by atoms with Gasteiger partial charge < -0.3 is 18.9 Å². The van der Waals surface area contributed by atoms with Gasteiger partial charge in [0, 0.05) is 29.9 Å². The van der Waals surface area contributed by atoms with Gasteiger partial charge in [-0.2, -0.15) is 0 Å². The van der Waals surface area contributed by atoms with Gasteiger partial charge in [-0.15, -0.1) is 0 Å². The van der Waals surface area contributed by atoms with Crippen LogP contribution in [0.3, 0.4) is 0 Å². The highest BCUT2D eigenvalue weighted by Gasteiger charge is 2.27. The summed E-state index contributed by atoms with van der Waals surface area (Å²) in [5.41, 5.74) is 3.82. The lowest BCUT2D eigenvalue weighted by Crippen LogP contribution is -2.16. The van der Waals surface area contributed by atoms with Gasteiger partial charge in [0.2, 0.25) is 0 Å². The van der Waals surface area contributed by atoms with E-state index in [1.165, 1.54) is 18.2 Å². The highest BCUT2D eigenvalue weighted by atomic mass is 19.3. The number of hydrogen-bond acceptors (Lipinski definition) is 5. The maximum absolute atomic E-state index is 13.1. The predicted molar refractivity (Wildman–Crippen MR) is 116 cm³/mol. The zero-order valence-corrected chi connectivity index (χ0v) is 17.3. The van der Waals surface area contributed by atoms with E-state index in [1.807, 2.05) is 24.4 Å². The molecule has 1 aliphatic carbocycles. The molecule has 0 unspecified atom stereocenters. The lowest BCUT2D eigenvalue weighted by Gasteiger charge is -2.12. The first kappa shape index (κ1) is 19.7. The van der Waals surface area contributed by atoms with Crippen LogP contribution in [0.5, 0.6) is 5.75 Å². The van der Waals surface area contributed by atoms with E-state index in [-0.39, 0.29) is 18.0 Å². The summed E-state index contributed by atoms with van der Waals surface area (Å²) in [6, 6.07) is 11.4. The number of pyridine rings is 2. The lowest BCUT2D eigenvalue weighted by atomic mass is 10.2. The minimum atomic E-state index is -2.73. The van der Waals surface area contributed by atoms with Crippen molar-refractivity contribution in [2.24, 2.45) is 0 Å². The Kier molecular flexibility index (Phi) is 4.49. The van der Waals surface area contributed by atoms with Gasteiger partial charge in [0.05, 0.1) is 11.3 Å². The van der Waals surface area contributed by atoms with Gasteiger partial charge in [-0.1, -0.05) is 6.07 Å². The minimum Gasteiger partial charge on any atom is -0.488 e. The van der Waals surface area contributed by atoms with Crippen LogP contribution in [0.4, 0.5) is 14.6 Å². The molecule has 1 fully saturated rings. The van der Waals surface area contributed by atoms with Crippen molar-refractivity contribution in [1.82, 2.24) is 14.4 Å². The zero-order valence-electron chi connectivity index (χ0n) is 17.3. The Morgan fingerprint density at radius 3 is 2.79 bits per heavy atom. The summed E-state index contributed by atoms with van der Waals surface area (Å²) in [5, 5.41) is 2.60. The number of furan rings is 2. The number of nitrogens with zero attached hydrogens (tertiary/aromatic N) is 3. The number of carbonyl (C=O) groups excluding carboxylic acids is 1. The predicted octanol–water partition coefficient (Wildman–Crippen LogP) is 5.56. The number of halogens is 2. The number of fused-ring (bicyclic) bond motifs is 3. The third-order valence-corrected chi connectivity index (χ3v) is 5.69. The van der Waals surface area contributed by atoms with Crippen LogP contribution in [0.2, 0.25) is 0 Å². The fourth-order valence-electron chi connectivity index (χ4n) is 3.84. The van der Waals surface area contributed by atoms with Crippen molar-refractivity contribution in [1.29, 1.82) is 0 Å². The van der Waals surface area contributed by atoms with Crippen molar-refractivity contribution in [3.8, 4) is 5.75 Å². The second-order valence-electron chi connectivity index (χ2n) is 8.12. The van der Waals surface area contributed by atoms with Gasteiger partial charge >= 0.3 is 0 Å². The molecule has 1 N–H and O–H groups in total. The number of nitrogens with one attached hydrogen (secondary N) is 1. The van der Waals surface area contributed by atoms with Crippen LogP contribution in [-0.4, -0.2) is 20.3 Å². The first-order valence-corrected chi connectivity index (χ1v) is 10.6. The molecule has 1 aliphatic rings. The smallest absolute Gasteiger partial charge is 0.280 e. The molecular weight excluding hydrogens is 430 g/mol. The molecule has 5 heterocycles. The summed E-state index contributed by atoms with van der Waals surface area (Å²) in [4.78, 5) is 21.6. The van der Waals surface area contributed by atoms with Crippen molar-refractivity contribution < 1.29 is 22.7 Å². The van der Waals surface area contributed by atoms with E-state index in [1.54, 1.807) is 16.7 Å². The molecule has 5 aromatic rings. The van der Waals surface area contributed by atoms with Gasteiger partial charge in [-0.05, 0) is 43.2 Å². The molecule has 1 amide bonds. The first-order chi connectivity index (χ1) is 16.0. The largest absolute Gasteiger partial charge is 0.488 e. The monoisotopic (exact) mass is 448 g/mol. The molecule has 33 heavy (non-hydrogen) atoms. The molecule has 0 aliphatic heterocycles. The van der Waals surface area contributed by atoms with Gasteiger partial charge in [-0.3, -0.25) is 4.79 Å². The minimum absolute atomic E-state index is 0.0365. The van der Waals surface area contributed by atoms with Crippen molar-refractivity contribution in [2.45, 2.75) is 31.8 Å². The van der Waals surface area contributed by atoms with Crippen LogP contribution in [-0.2, 0) is 6.61 Å². The summed E-state index contributed by atoms with van der Waals surface area (Å²) in [6.07, 6.45) is 3.03. The van der Waals surface area contributed by atoms with E-state index in [9.17, 15) is 13.6 Å². The molecule has 0 spiro atoms. The number of alkyl halides is 2. The van der Waals surface area contributed by atoms with E-state index < -0.39 is 18.0 Å². The number of carbonyl (C=O) groups is 1. The van der Waals surface area contributed by atoms with Crippen molar-refractivity contribution in [2.75, 3.05) is 5.32 Å². The van der Waals surface area contributed by atoms with Crippen LogP contribution >= 0.6 is 0 Å². The molecule has 0 aromatic carbocycles. The highest BCUT2D eigenvalue weighted by Crippen LogP contribution is 2.39. The lowest BCUT2D eigenvalue weighted by molar-refractivity contribution is 0.102. The number of rotatable bonds is 7. The molecule has 6 rings (SSSR count). The summed E-state index contributed by atoms with van der Waals surface area (Å²) in [6.45, 7) is 0.203. The maximum Gasteiger partial charge on any atom is 0.280 e. The topological polar surface area (TPSA) is 81.7 Å². The average Bonchev–Trinajstić information content (AvgIpc) is 3.24. The number of anilines is 1. The molecule has 0 saturated heterocycles. The Balaban J connectivity index is 1.33. The number of aromatic nitrogens is 3. The number of benzene rings is 1. The van der Waals surface area contributed by atoms with E-state index >= 15 is 0 Å². The van der Waals surface area contributed by atoms with Gasteiger partial charge in [-0.25, -0.2) is 18.7 Å². The summed E-state index contributed by atoms with van der Waals surface area (Å²) in [7, 11) is 0. The van der Waals surface area contributed by atoms with Gasteiger partial charge in [0.15, 0.2) is 0 Å². The quantitative estimate of drug-likeness (QED) is 0.353. The average molecular weight is 448 g/mol. The second-order valence-corrected chi connectivity index (χ2v) is 8.12. The Morgan fingerprint density at radius 1 is 1.18 bits per heavy atom. The third kappa shape index (κ3) is 3.75. The molecule has 7 nitrogen and oxygen atoms in total. The van der Waals surface area contributed by atoms with Crippen LogP contribution in [0.25, 0.3) is 16.8 Å². The summed E-state index contributed by atoms with van der Waals surface area (Å²) >= 11 is 0. The van der Waals surface area contributed by atoms with Crippen molar-refractivity contribution in [3.05, 3.63) is 77.4 Å². The van der Waals surface area contributed by atoms with Crippen LogP contribution in [0.1, 0.15) is 52.5 Å². The Hall–Kier alpha value is -4.01. The fourth-order valence-corrected chi connectivity index (χ4v) is 3.84. The van der Waals surface area contributed by atoms with E-state index in [0.717, 1.165) is 35.3 Å². The Labute approximate surface area is 186 Å². The first-order valence-electron chi connectivity index (χ1n) is 10.6. The van der Waals surface area contributed by atoms with Gasteiger partial charge in [0.1, 0.15) is 40.7 Å². The van der Waals surface area contributed by atoms with E-state index in [2.05, 4.69) is 15.3 Å². The zero-order chi connectivity index (χ0) is 22.5. The molecule has 1 saturated carbocycles. The van der Waals surface area contributed by atoms with Crippen molar-refractivity contribution in [3.63, 3.8) is 0 Å². The third-order valence-electron chi connectivity index (χ3n) is 5.69. The maximum atomic E-state index is 13.1. The number of hydrogen-bond donors (Lipinski definition) is 1. The van der Waals surface area contributed by atoms with E-state index in [4.69, 9.17) is 9.15 Å². The Morgan fingerprint density at radius 2 is 2.06 bits per heavy atom. The molecule has 9 heteroatoms.